The Morgan fingerprint density at radius 1 is 0.952 bits per heavy atom. The van der Waals surface area contributed by atoms with Crippen LogP contribution in [0.2, 0.25) is 0 Å². The lowest BCUT2D eigenvalue weighted by atomic mass is 10.1. The fourth-order valence-electron chi connectivity index (χ4n) is 2.16. The monoisotopic (exact) mass is 347 g/mol. The van der Waals surface area contributed by atoms with Crippen LogP contribution in [0.1, 0.15) is 39.0 Å². The SMILES string of the molecule is CCCCCCCOc1ccc(-c2ccc(Br)cn2)cc1. The number of unbranched alkanes of at least 4 members (excludes halogenated alkanes) is 4. The molecule has 0 spiro atoms. The third-order valence-electron chi connectivity index (χ3n) is 3.39. The van der Waals surface area contributed by atoms with E-state index < -0.39 is 0 Å². The Labute approximate surface area is 135 Å². The number of aromatic nitrogens is 1. The van der Waals surface area contributed by atoms with Crippen LogP contribution in [-0.4, -0.2) is 11.6 Å². The first-order chi connectivity index (χ1) is 10.3. The summed E-state index contributed by atoms with van der Waals surface area (Å²) in [5.41, 5.74) is 2.09. The number of halogens is 1. The molecule has 0 atom stereocenters. The van der Waals surface area contributed by atoms with Crippen LogP contribution in [0.4, 0.5) is 0 Å². The fraction of sp³-hybridized carbons (Fsp3) is 0.389. The van der Waals surface area contributed by atoms with Gasteiger partial charge in [-0.25, -0.2) is 0 Å². The minimum Gasteiger partial charge on any atom is -0.494 e. The first-order valence-corrected chi connectivity index (χ1v) is 8.43. The van der Waals surface area contributed by atoms with E-state index >= 15 is 0 Å². The van der Waals surface area contributed by atoms with E-state index in [4.69, 9.17) is 4.74 Å². The lowest BCUT2D eigenvalue weighted by Crippen LogP contribution is -1.97. The first-order valence-electron chi connectivity index (χ1n) is 7.64. The Kier molecular flexibility index (Phi) is 6.74. The van der Waals surface area contributed by atoms with Crippen molar-refractivity contribution in [2.45, 2.75) is 39.0 Å². The van der Waals surface area contributed by atoms with Gasteiger partial charge >= 0.3 is 0 Å². The molecule has 2 nitrogen and oxygen atoms in total. The molecule has 2 rings (SSSR count). The molecule has 0 aliphatic carbocycles. The maximum atomic E-state index is 5.77. The molecule has 0 radical (unpaired) electrons. The fourth-order valence-corrected chi connectivity index (χ4v) is 2.40. The van der Waals surface area contributed by atoms with Crippen molar-refractivity contribution in [3.05, 3.63) is 47.1 Å². The molecule has 21 heavy (non-hydrogen) atoms. The zero-order valence-electron chi connectivity index (χ0n) is 12.5. The summed E-state index contributed by atoms with van der Waals surface area (Å²) in [6.07, 6.45) is 8.14. The third-order valence-corrected chi connectivity index (χ3v) is 3.86. The second-order valence-corrected chi connectivity index (χ2v) is 6.06. The molecule has 0 bridgehead atoms. The number of rotatable bonds is 8. The van der Waals surface area contributed by atoms with Gasteiger partial charge in [-0.2, -0.15) is 0 Å². The van der Waals surface area contributed by atoms with Crippen LogP contribution in [0.5, 0.6) is 5.75 Å². The van der Waals surface area contributed by atoms with Crippen LogP contribution in [0.25, 0.3) is 11.3 Å². The van der Waals surface area contributed by atoms with E-state index in [9.17, 15) is 0 Å². The molecule has 0 N–H and O–H groups in total. The predicted molar refractivity (Wildman–Crippen MR) is 91.6 cm³/mol. The summed E-state index contributed by atoms with van der Waals surface area (Å²) in [5, 5.41) is 0. The normalized spacial score (nSPS) is 10.6. The van der Waals surface area contributed by atoms with Crippen molar-refractivity contribution in [2.24, 2.45) is 0 Å². The molecule has 112 valence electrons. The number of pyridine rings is 1. The summed E-state index contributed by atoms with van der Waals surface area (Å²) in [7, 11) is 0. The van der Waals surface area contributed by atoms with Crippen molar-refractivity contribution in [3.63, 3.8) is 0 Å². The molecule has 1 aromatic carbocycles. The molecule has 0 aliphatic rings. The minimum atomic E-state index is 0.805. The highest BCUT2D eigenvalue weighted by Gasteiger charge is 2.00. The number of benzene rings is 1. The van der Waals surface area contributed by atoms with Crippen LogP contribution in [0.3, 0.4) is 0 Å². The van der Waals surface area contributed by atoms with Crippen LogP contribution in [0, 0.1) is 0 Å². The van der Waals surface area contributed by atoms with Crippen molar-refractivity contribution >= 4 is 15.9 Å². The van der Waals surface area contributed by atoms with Crippen LogP contribution >= 0.6 is 15.9 Å². The van der Waals surface area contributed by atoms with Crippen LogP contribution < -0.4 is 4.74 Å². The molecule has 0 fully saturated rings. The van der Waals surface area contributed by atoms with E-state index in [-0.39, 0.29) is 0 Å². The van der Waals surface area contributed by atoms with Crippen molar-refractivity contribution in [1.29, 1.82) is 0 Å². The molecule has 0 saturated heterocycles. The topological polar surface area (TPSA) is 22.1 Å². The average molecular weight is 348 g/mol. The van der Waals surface area contributed by atoms with Gasteiger partial charge in [0.2, 0.25) is 0 Å². The van der Waals surface area contributed by atoms with Gasteiger partial charge in [0, 0.05) is 16.2 Å². The molecular weight excluding hydrogens is 326 g/mol. The van der Waals surface area contributed by atoms with E-state index in [1.807, 2.05) is 30.5 Å². The maximum absolute atomic E-state index is 5.77. The largest absolute Gasteiger partial charge is 0.494 e. The van der Waals surface area contributed by atoms with Gasteiger partial charge in [-0.05, 0) is 58.7 Å². The zero-order valence-corrected chi connectivity index (χ0v) is 14.1. The van der Waals surface area contributed by atoms with Gasteiger partial charge in [0.1, 0.15) is 5.75 Å². The smallest absolute Gasteiger partial charge is 0.119 e. The molecule has 0 saturated carbocycles. The van der Waals surface area contributed by atoms with Crippen molar-refractivity contribution in [3.8, 4) is 17.0 Å². The molecule has 2 aromatic rings. The third kappa shape index (κ3) is 5.50. The summed E-state index contributed by atoms with van der Waals surface area (Å²) in [6, 6.07) is 12.2. The summed E-state index contributed by atoms with van der Waals surface area (Å²) in [6.45, 7) is 3.04. The lowest BCUT2D eigenvalue weighted by Gasteiger charge is -2.07. The van der Waals surface area contributed by atoms with E-state index in [0.717, 1.165) is 34.5 Å². The van der Waals surface area contributed by atoms with Gasteiger partial charge in [-0.15, -0.1) is 0 Å². The Bertz CT molecular complexity index is 522. The number of ether oxygens (including phenoxy) is 1. The van der Waals surface area contributed by atoms with E-state index in [1.165, 1.54) is 25.7 Å². The number of nitrogens with zero attached hydrogens (tertiary/aromatic N) is 1. The van der Waals surface area contributed by atoms with Gasteiger partial charge in [0.05, 0.1) is 12.3 Å². The Morgan fingerprint density at radius 2 is 1.71 bits per heavy atom. The second-order valence-electron chi connectivity index (χ2n) is 5.15. The van der Waals surface area contributed by atoms with Gasteiger partial charge in [0.15, 0.2) is 0 Å². The Balaban J connectivity index is 1.80. The highest BCUT2D eigenvalue weighted by Crippen LogP contribution is 2.22. The Morgan fingerprint density at radius 3 is 2.38 bits per heavy atom. The molecular formula is C18H22BrNO. The average Bonchev–Trinajstić information content (AvgIpc) is 2.52. The van der Waals surface area contributed by atoms with Gasteiger partial charge in [0.25, 0.3) is 0 Å². The summed E-state index contributed by atoms with van der Waals surface area (Å²) >= 11 is 3.40. The summed E-state index contributed by atoms with van der Waals surface area (Å²) in [4.78, 5) is 4.39. The first kappa shape index (κ1) is 16.0. The lowest BCUT2D eigenvalue weighted by molar-refractivity contribution is 0.304. The van der Waals surface area contributed by atoms with Crippen molar-refractivity contribution in [2.75, 3.05) is 6.61 Å². The molecule has 0 unspecified atom stereocenters. The minimum absolute atomic E-state index is 0.805. The van der Waals surface area contributed by atoms with E-state index in [1.54, 1.807) is 0 Å². The van der Waals surface area contributed by atoms with E-state index in [0.29, 0.717) is 0 Å². The molecule has 3 heteroatoms. The zero-order chi connectivity index (χ0) is 14.9. The highest BCUT2D eigenvalue weighted by atomic mass is 79.9. The van der Waals surface area contributed by atoms with Gasteiger partial charge < -0.3 is 4.74 Å². The molecule has 0 aliphatic heterocycles. The van der Waals surface area contributed by atoms with Crippen molar-refractivity contribution in [1.82, 2.24) is 4.98 Å². The van der Waals surface area contributed by atoms with Gasteiger partial charge in [-0.3, -0.25) is 4.98 Å². The Hall–Kier alpha value is -1.35. The van der Waals surface area contributed by atoms with Crippen molar-refractivity contribution < 1.29 is 4.74 Å². The predicted octanol–water partition coefficient (Wildman–Crippen LogP) is 5.86. The molecule has 1 aromatic heterocycles. The standard InChI is InChI=1S/C18H22BrNO/c1-2-3-4-5-6-13-21-17-10-7-15(8-11-17)18-12-9-16(19)14-20-18/h7-12,14H,2-6,13H2,1H3. The molecule has 1 heterocycles. The maximum Gasteiger partial charge on any atom is 0.119 e. The van der Waals surface area contributed by atoms with Crippen LogP contribution in [-0.2, 0) is 0 Å². The quantitative estimate of drug-likeness (QED) is 0.558. The van der Waals surface area contributed by atoms with Gasteiger partial charge in [-0.1, -0.05) is 32.6 Å². The summed E-state index contributed by atoms with van der Waals surface area (Å²) < 4.78 is 6.76. The molecule has 0 amide bonds. The number of hydrogen-bond acceptors (Lipinski definition) is 2. The second kappa shape index (κ2) is 8.83. The highest BCUT2D eigenvalue weighted by molar-refractivity contribution is 9.10. The summed E-state index contributed by atoms with van der Waals surface area (Å²) in [5.74, 6) is 0.936. The van der Waals surface area contributed by atoms with Crippen LogP contribution in [0.15, 0.2) is 47.1 Å². The van der Waals surface area contributed by atoms with E-state index in [2.05, 4.69) is 40.0 Å². The number of hydrogen-bond donors (Lipinski definition) is 0.